The maximum atomic E-state index is 12.3. The third kappa shape index (κ3) is 3.88. The Morgan fingerprint density at radius 1 is 1.26 bits per heavy atom. The van der Waals surface area contributed by atoms with Gasteiger partial charge in [-0.15, -0.1) is 0 Å². The smallest absolute Gasteiger partial charge is 0.333 e. The fourth-order valence-corrected chi connectivity index (χ4v) is 3.40. The summed E-state index contributed by atoms with van der Waals surface area (Å²) in [6.07, 6.45) is 1.60. The molecule has 27 heavy (non-hydrogen) atoms. The molecule has 0 bridgehead atoms. The first kappa shape index (κ1) is 18.7. The lowest BCUT2D eigenvalue weighted by Gasteiger charge is -2.16. The van der Waals surface area contributed by atoms with Gasteiger partial charge in [-0.2, -0.15) is 5.26 Å². The van der Waals surface area contributed by atoms with Crippen molar-refractivity contribution in [2.75, 3.05) is 18.6 Å². The van der Waals surface area contributed by atoms with Gasteiger partial charge < -0.3 is 9.47 Å². The average molecular weight is 475 g/mol. The second kappa shape index (κ2) is 8.09. The summed E-state index contributed by atoms with van der Waals surface area (Å²) < 4.78 is 11.5. The van der Waals surface area contributed by atoms with Gasteiger partial charge in [0.1, 0.15) is 11.8 Å². The fourth-order valence-electron chi connectivity index (χ4n) is 2.62. The van der Waals surface area contributed by atoms with Gasteiger partial charge in [0.2, 0.25) is 0 Å². The molecule has 1 aliphatic heterocycles. The Hall–Kier alpha value is -3.06. The zero-order valence-corrected chi connectivity index (χ0v) is 16.4. The number of para-hydroxylation sites is 1. The Bertz CT molecular complexity index is 967. The van der Waals surface area contributed by atoms with Crippen LogP contribution in [0.15, 0.2) is 48.2 Å². The number of nitrogens with one attached hydrogen (secondary N) is 1. The normalized spacial score (nSPS) is 14.9. The van der Waals surface area contributed by atoms with Crippen LogP contribution in [0.5, 0.6) is 11.5 Å². The molecule has 1 heterocycles. The molecule has 0 unspecified atom stereocenters. The Balaban J connectivity index is 2.04. The summed E-state index contributed by atoms with van der Waals surface area (Å²) in [7, 11) is 1.49. The molecule has 3 rings (SSSR count). The van der Waals surface area contributed by atoms with Crippen LogP contribution in [0.2, 0.25) is 0 Å². The van der Waals surface area contributed by atoms with Crippen LogP contribution in [0.3, 0.4) is 0 Å². The van der Waals surface area contributed by atoms with Gasteiger partial charge in [-0.3, -0.25) is 15.0 Å². The van der Waals surface area contributed by atoms with Crippen LogP contribution >= 0.6 is 22.6 Å². The Morgan fingerprint density at radius 2 is 2.00 bits per heavy atom. The van der Waals surface area contributed by atoms with E-state index in [1.54, 1.807) is 42.5 Å². The van der Waals surface area contributed by atoms with E-state index >= 15 is 0 Å². The van der Waals surface area contributed by atoms with E-state index in [9.17, 15) is 9.59 Å². The number of anilines is 1. The van der Waals surface area contributed by atoms with Crippen molar-refractivity contribution < 1.29 is 19.1 Å². The third-order valence-electron chi connectivity index (χ3n) is 3.75. The van der Waals surface area contributed by atoms with Gasteiger partial charge in [0.25, 0.3) is 5.91 Å². The molecular formula is C19H14IN3O4. The molecule has 0 aromatic heterocycles. The van der Waals surface area contributed by atoms with Crippen molar-refractivity contribution >= 4 is 46.3 Å². The van der Waals surface area contributed by atoms with Crippen LogP contribution in [0.1, 0.15) is 5.56 Å². The number of methoxy groups -OCH3 is 1. The summed E-state index contributed by atoms with van der Waals surface area (Å²) in [5, 5.41) is 11.0. The van der Waals surface area contributed by atoms with Crippen LogP contribution in [-0.4, -0.2) is 25.7 Å². The molecule has 0 aliphatic carbocycles. The van der Waals surface area contributed by atoms with E-state index in [4.69, 9.17) is 14.7 Å². The second-order valence-electron chi connectivity index (χ2n) is 5.44. The highest BCUT2D eigenvalue weighted by Gasteiger charge is 2.34. The van der Waals surface area contributed by atoms with Crippen LogP contribution in [0.4, 0.5) is 10.5 Å². The van der Waals surface area contributed by atoms with E-state index in [0.717, 1.165) is 0 Å². The van der Waals surface area contributed by atoms with E-state index in [1.807, 2.05) is 12.1 Å². The van der Waals surface area contributed by atoms with Crippen molar-refractivity contribution in [1.82, 2.24) is 5.32 Å². The maximum Gasteiger partial charge on any atom is 0.333 e. The lowest BCUT2D eigenvalue weighted by Crippen LogP contribution is -2.27. The minimum absolute atomic E-state index is 0.106. The number of nitriles is 1. The Morgan fingerprint density at radius 3 is 2.67 bits per heavy atom. The summed E-state index contributed by atoms with van der Waals surface area (Å²) in [6.45, 7) is -0.106. The van der Waals surface area contributed by atoms with Crippen LogP contribution in [0, 0.1) is 14.9 Å². The summed E-state index contributed by atoms with van der Waals surface area (Å²) in [6, 6.07) is 13.8. The average Bonchev–Trinajstić information content (AvgIpc) is 2.94. The third-order valence-corrected chi connectivity index (χ3v) is 4.55. The molecule has 136 valence electrons. The van der Waals surface area contributed by atoms with Gasteiger partial charge in [0.05, 0.1) is 16.4 Å². The molecule has 1 aliphatic rings. The van der Waals surface area contributed by atoms with Crippen molar-refractivity contribution in [3.8, 4) is 17.6 Å². The summed E-state index contributed by atoms with van der Waals surface area (Å²) in [5.41, 5.74) is 1.44. The highest BCUT2D eigenvalue weighted by Crippen LogP contribution is 2.35. The Kier molecular flexibility index (Phi) is 5.61. The van der Waals surface area contributed by atoms with E-state index in [1.165, 1.54) is 12.0 Å². The zero-order valence-electron chi connectivity index (χ0n) is 14.2. The summed E-state index contributed by atoms with van der Waals surface area (Å²) in [5.74, 6) is 0.399. The molecule has 0 saturated carbocycles. The molecule has 8 heteroatoms. The summed E-state index contributed by atoms with van der Waals surface area (Å²) in [4.78, 5) is 25.8. The first-order chi connectivity index (χ1) is 13.0. The molecule has 7 nitrogen and oxygen atoms in total. The number of halogens is 1. The summed E-state index contributed by atoms with van der Waals surface area (Å²) >= 11 is 2.06. The first-order valence-electron chi connectivity index (χ1n) is 7.84. The molecule has 0 atom stereocenters. The molecule has 1 saturated heterocycles. The molecule has 2 aromatic rings. The predicted molar refractivity (Wildman–Crippen MR) is 107 cm³/mol. The highest BCUT2D eigenvalue weighted by atomic mass is 127. The standard InChI is InChI=1S/C19H14IN3O4/c1-26-16-11-12(9-14(20)17(16)27-8-7-21)10-15-18(24)22-19(25)23(15)13-5-3-2-4-6-13/h2-6,9-11H,8H2,1H3,(H,22,24,25)/b15-10+. The molecular weight excluding hydrogens is 461 g/mol. The number of carbonyl (C=O) groups excluding carboxylic acids is 2. The number of rotatable bonds is 5. The number of hydrogen-bond acceptors (Lipinski definition) is 5. The van der Waals surface area contributed by atoms with Gasteiger partial charge in [0, 0.05) is 0 Å². The quantitative estimate of drug-likeness (QED) is 0.407. The number of urea groups is 1. The van der Waals surface area contributed by atoms with Crippen molar-refractivity contribution in [1.29, 1.82) is 5.26 Å². The second-order valence-corrected chi connectivity index (χ2v) is 6.60. The van der Waals surface area contributed by atoms with Gasteiger partial charge in [-0.25, -0.2) is 4.79 Å². The van der Waals surface area contributed by atoms with Gasteiger partial charge in [0.15, 0.2) is 18.1 Å². The number of hydrogen-bond donors (Lipinski definition) is 1. The van der Waals surface area contributed by atoms with Crippen LogP contribution in [0.25, 0.3) is 6.08 Å². The van der Waals surface area contributed by atoms with E-state index < -0.39 is 11.9 Å². The minimum atomic E-state index is -0.506. The van der Waals surface area contributed by atoms with Crippen molar-refractivity contribution in [3.05, 3.63) is 57.3 Å². The first-order valence-corrected chi connectivity index (χ1v) is 8.92. The minimum Gasteiger partial charge on any atom is -0.493 e. The monoisotopic (exact) mass is 475 g/mol. The van der Waals surface area contributed by atoms with Gasteiger partial charge in [-0.05, 0) is 58.5 Å². The fraction of sp³-hybridized carbons (Fsp3) is 0.105. The lowest BCUT2D eigenvalue weighted by molar-refractivity contribution is -0.115. The van der Waals surface area contributed by atoms with Gasteiger partial charge in [-0.1, -0.05) is 18.2 Å². The molecule has 2 aromatic carbocycles. The number of carbonyl (C=O) groups is 2. The van der Waals surface area contributed by atoms with Crippen molar-refractivity contribution in [3.63, 3.8) is 0 Å². The number of amides is 3. The van der Waals surface area contributed by atoms with Gasteiger partial charge >= 0.3 is 6.03 Å². The largest absolute Gasteiger partial charge is 0.493 e. The number of imide groups is 1. The molecule has 0 spiro atoms. The highest BCUT2D eigenvalue weighted by molar-refractivity contribution is 14.1. The number of nitrogens with zero attached hydrogens (tertiary/aromatic N) is 2. The van der Waals surface area contributed by atoms with Crippen molar-refractivity contribution in [2.24, 2.45) is 0 Å². The molecule has 1 N–H and O–H groups in total. The van der Waals surface area contributed by atoms with Crippen molar-refractivity contribution in [2.45, 2.75) is 0 Å². The SMILES string of the molecule is COc1cc(/C=C2\C(=O)NC(=O)N2c2ccccc2)cc(I)c1OCC#N. The van der Waals surface area contributed by atoms with E-state index in [2.05, 4.69) is 27.9 Å². The predicted octanol–water partition coefficient (Wildman–Crippen LogP) is 3.30. The molecule has 0 radical (unpaired) electrons. The molecule has 1 fully saturated rings. The van der Waals surface area contributed by atoms with Crippen LogP contribution < -0.4 is 19.7 Å². The zero-order chi connectivity index (χ0) is 19.4. The van der Waals surface area contributed by atoms with E-state index in [-0.39, 0.29) is 12.3 Å². The topological polar surface area (TPSA) is 91.7 Å². The maximum absolute atomic E-state index is 12.3. The Labute approximate surface area is 169 Å². The number of benzene rings is 2. The van der Waals surface area contributed by atoms with E-state index in [0.29, 0.717) is 26.3 Å². The lowest BCUT2D eigenvalue weighted by atomic mass is 10.1. The van der Waals surface area contributed by atoms with Crippen LogP contribution in [-0.2, 0) is 4.79 Å². The molecule has 3 amide bonds. The number of ether oxygens (including phenoxy) is 2.